The molecule has 0 aliphatic heterocycles. The Kier molecular flexibility index (Phi) is 4.90. The van der Waals surface area contributed by atoms with E-state index in [1.54, 1.807) is 14.1 Å². The van der Waals surface area contributed by atoms with Crippen LogP contribution in [-0.4, -0.2) is 34.0 Å². The third-order valence-electron chi connectivity index (χ3n) is 2.92. The maximum absolute atomic E-state index is 13.1. The van der Waals surface area contributed by atoms with Gasteiger partial charge in [0.1, 0.15) is 17.9 Å². The number of ether oxygens (including phenoxy) is 1. The van der Waals surface area contributed by atoms with Gasteiger partial charge in [-0.2, -0.15) is 28.1 Å². The van der Waals surface area contributed by atoms with Crippen molar-refractivity contribution >= 4 is 17.6 Å². The minimum absolute atomic E-state index is 0.0164. The Hall–Kier alpha value is -3.18. The molecular formula is C13H13F3N6O3. The molecule has 134 valence electrons. The highest BCUT2D eigenvalue weighted by molar-refractivity contribution is 5.45. The number of anilines is 2. The van der Waals surface area contributed by atoms with Crippen LogP contribution in [-0.2, 0) is 12.8 Å². The zero-order valence-electron chi connectivity index (χ0n) is 13.1. The van der Waals surface area contributed by atoms with E-state index < -0.39 is 34.7 Å². The third kappa shape index (κ3) is 4.43. The summed E-state index contributed by atoms with van der Waals surface area (Å²) < 4.78 is 44.3. The minimum atomic E-state index is -4.83. The smallest absolute Gasteiger partial charge is 0.420 e. The van der Waals surface area contributed by atoms with Crippen LogP contribution in [0, 0.1) is 10.1 Å². The molecule has 0 saturated carbocycles. The van der Waals surface area contributed by atoms with Gasteiger partial charge in [0.05, 0.1) is 4.92 Å². The number of nitro groups is 1. The van der Waals surface area contributed by atoms with E-state index in [-0.39, 0.29) is 17.7 Å². The van der Waals surface area contributed by atoms with E-state index in [0.29, 0.717) is 6.07 Å². The third-order valence-corrected chi connectivity index (χ3v) is 2.92. The molecule has 0 saturated heterocycles. The van der Waals surface area contributed by atoms with Crippen molar-refractivity contribution in [2.24, 2.45) is 0 Å². The lowest BCUT2D eigenvalue weighted by Gasteiger charge is -2.14. The fourth-order valence-corrected chi connectivity index (χ4v) is 1.81. The van der Waals surface area contributed by atoms with E-state index in [2.05, 4.69) is 15.0 Å². The Morgan fingerprint density at radius 3 is 2.52 bits per heavy atom. The molecule has 2 N–H and O–H groups in total. The Morgan fingerprint density at radius 1 is 1.28 bits per heavy atom. The van der Waals surface area contributed by atoms with Crippen LogP contribution in [0.4, 0.5) is 30.8 Å². The zero-order valence-corrected chi connectivity index (χ0v) is 13.1. The van der Waals surface area contributed by atoms with Crippen molar-refractivity contribution in [2.75, 3.05) is 24.7 Å². The van der Waals surface area contributed by atoms with Crippen LogP contribution in [0.3, 0.4) is 0 Å². The number of nitrogens with two attached hydrogens (primary N) is 1. The van der Waals surface area contributed by atoms with Gasteiger partial charge in [-0.05, 0) is 6.07 Å². The first kappa shape index (κ1) is 18.2. The first-order valence-electron chi connectivity index (χ1n) is 6.74. The summed E-state index contributed by atoms with van der Waals surface area (Å²) in [6, 6.07) is 2.19. The highest BCUT2D eigenvalue weighted by Crippen LogP contribution is 2.38. The molecule has 2 rings (SSSR count). The van der Waals surface area contributed by atoms with Crippen molar-refractivity contribution in [1.29, 1.82) is 0 Å². The largest absolute Gasteiger partial charge is 0.485 e. The lowest BCUT2D eigenvalue weighted by Crippen LogP contribution is -2.17. The van der Waals surface area contributed by atoms with Gasteiger partial charge < -0.3 is 15.4 Å². The number of nitro benzene ring substituents is 1. The monoisotopic (exact) mass is 358 g/mol. The molecular weight excluding hydrogens is 345 g/mol. The number of non-ortho nitro benzene ring substituents is 1. The number of aromatic nitrogens is 3. The lowest BCUT2D eigenvalue weighted by atomic mass is 10.1. The van der Waals surface area contributed by atoms with Gasteiger partial charge in [-0.15, -0.1) is 0 Å². The molecule has 1 aromatic heterocycles. The molecule has 0 bridgehead atoms. The average molecular weight is 358 g/mol. The van der Waals surface area contributed by atoms with Crippen molar-refractivity contribution in [1.82, 2.24) is 15.0 Å². The predicted molar refractivity (Wildman–Crippen MR) is 81.0 cm³/mol. The van der Waals surface area contributed by atoms with Crippen molar-refractivity contribution in [3.05, 3.63) is 39.7 Å². The molecule has 0 atom stereocenters. The standard InChI is InChI=1S/C13H13F3N6O3/c1-21(2)12-19-10(18-11(17)20-12)6-25-9-4-3-7(22(23)24)5-8(9)13(14,15)16/h3-5H,6H2,1-2H3,(H2,17,18,19,20). The Labute approximate surface area is 139 Å². The van der Waals surface area contributed by atoms with Crippen molar-refractivity contribution in [3.63, 3.8) is 0 Å². The predicted octanol–water partition coefficient (Wildman–Crippen LogP) is 2.03. The molecule has 0 radical (unpaired) electrons. The molecule has 0 aliphatic carbocycles. The van der Waals surface area contributed by atoms with Gasteiger partial charge in [0.2, 0.25) is 11.9 Å². The van der Waals surface area contributed by atoms with E-state index in [9.17, 15) is 23.3 Å². The second-order valence-corrected chi connectivity index (χ2v) is 5.03. The van der Waals surface area contributed by atoms with Gasteiger partial charge in [-0.3, -0.25) is 10.1 Å². The maximum Gasteiger partial charge on any atom is 0.420 e. The van der Waals surface area contributed by atoms with Gasteiger partial charge in [0.15, 0.2) is 5.82 Å². The first-order chi connectivity index (χ1) is 11.6. The summed E-state index contributed by atoms with van der Waals surface area (Å²) in [5.74, 6) is -0.464. The van der Waals surface area contributed by atoms with Crippen LogP contribution in [0.5, 0.6) is 5.75 Å². The summed E-state index contributed by atoms with van der Waals surface area (Å²) in [4.78, 5) is 22.9. The Morgan fingerprint density at radius 2 is 1.96 bits per heavy atom. The topological polar surface area (TPSA) is 120 Å². The summed E-state index contributed by atoms with van der Waals surface area (Å²) in [5, 5.41) is 10.7. The van der Waals surface area contributed by atoms with Gasteiger partial charge >= 0.3 is 6.18 Å². The number of hydrogen-bond acceptors (Lipinski definition) is 8. The van der Waals surface area contributed by atoms with Crippen LogP contribution < -0.4 is 15.4 Å². The van der Waals surface area contributed by atoms with Crippen LogP contribution in [0.1, 0.15) is 11.4 Å². The zero-order chi connectivity index (χ0) is 18.8. The molecule has 0 spiro atoms. The van der Waals surface area contributed by atoms with Gasteiger partial charge in [-0.25, -0.2) is 0 Å². The SMILES string of the molecule is CN(C)c1nc(N)nc(COc2ccc([N+](=O)[O-])cc2C(F)(F)F)n1. The number of hydrogen-bond donors (Lipinski definition) is 1. The minimum Gasteiger partial charge on any atom is -0.485 e. The van der Waals surface area contributed by atoms with Crippen LogP contribution in [0.25, 0.3) is 0 Å². The fraction of sp³-hybridized carbons (Fsp3) is 0.308. The molecule has 12 heteroatoms. The molecule has 0 aliphatic rings. The molecule has 1 aromatic carbocycles. The number of alkyl halides is 3. The number of nitrogen functional groups attached to an aromatic ring is 1. The van der Waals surface area contributed by atoms with Crippen LogP contribution in [0.2, 0.25) is 0 Å². The summed E-state index contributed by atoms with van der Waals surface area (Å²) in [6.45, 7) is -0.422. The van der Waals surface area contributed by atoms with Crippen LogP contribution in [0.15, 0.2) is 18.2 Å². The number of benzene rings is 1. The molecule has 25 heavy (non-hydrogen) atoms. The maximum atomic E-state index is 13.1. The highest BCUT2D eigenvalue weighted by atomic mass is 19.4. The van der Waals surface area contributed by atoms with Crippen LogP contribution >= 0.6 is 0 Å². The summed E-state index contributed by atoms with van der Waals surface area (Å²) in [7, 11) is 3.30. The summed E-state index contributed by atoms with van der Waals surface area (Å²) >= 11 is 0. The van der Waals surface area contributed by atoms with Gasteiger partial charge in [0, 0.05) is 26.2 Å². The molecule has 0 fully saturated rings. The van der Waals surface area contributed by atoms with E-state index in [4.69, 9.17) is 10.5 Å². The molecule has 1 heterocycles. The van der Waals surface area contributed by atoms with Crippen molar-refractivity contribution in [2.45, 2.75) is 12.8 Å². The van der Waals surface area contributed by atoms with Gasteiger partial charge in [-0.1, -0.05) is 0 Å². The highest BCUT2D eigenvalue weighted by Gasteiger charge is 2.36. The number of halogens is 3. The van der Waals surface area contributed by atoms with E-state index in [1.165, 1.54) is 4.90 Å². The second kappa shape index (κ2) is 6.75. The van der Waals surface area contributed by atoms with Crippen molar-refractivity contribution in [3.8, 4) is 5.75 Å². The Bertz CT molecular complexity index is 797. The molecule has 0 unspecified atom stereocenters. The second-order valence-electron chi connectivity index (χ2n) is 5.03. The number of rotatable bonds is 5. The van der Waals surface area contributed by atoms with Crippen molar-refractivity contribution < 1.29 is 22.8 Å². The quantitative estimate of drug-likeness (QED) is 0.637. The average Bonchev–Trinajstić information content (AvgIpc) is 2.51. The summed E-state index contributed by atoms with van der Waals surface area (Å²) in [6.07, 6.45) is -4.83. The van der Waals surface area contributed by atoms with E-state index in [0.717, 1.165) is 12.1 Å². The fourth-order valence-electron chi connectivity index (χ4n) is 1.81. The van der Waals surface area contributed by atoms with Gasteiger partial charge in [0.25, 0.3) is 5.69 Å². The van der Waals surface area contributed by atoms with E-state index in [1.807, 2.05) is 0 Å². The summed E-state index contributed by atoms with van der Waals surface area (Å²) in [5.41, 5.74) is 3.56. The Balaban J connectivity index is 2.30. The number of nitrogens with zero attached hydrogens (tertiary/aromatic N) is 5. The molecule has 2 aromatic rings. The normalized spacial score (nSPS) is 11.2. The molecule has 0 amide bonds. The lowest BCUT2D eigenvalue weighted by molar-refractivity contribution is -0.385. The van der Waals surface area contributed by atoms with E-state index >= 15 is 0 Å². The first-order valence-corrected chi connectivity index (χ1v) is 6.74. The molecule has 9 nitrogen and oxygen atoms in total.